The summed E-state index contributed by atoms with van der Waals surface area (Å²) in [6, 6.07) is 13.2. The second-order valence-electron chi connectivity index (χ2n) is 8.88. The van der Waals surface area contributed by atoms with E-state index in [-0.39, 0.29) is 24.6 Å². The first-order valence-corrected chi connectivity index (χ1v) is 11.2. The minimum absolute atomic E-state index is 0.146. The van der Waals surface area contributed by atoms with Crippen molar-refractivity contribution in [2.45, 2.75) is 45.3 Å². The number of ether oxygens (including phenoxy) is 1. The number of anilines is 1. The molecule has 2 aromatic carbocycles. The Balaban J connectivity index is 1.43. The Labute approximate surface area is 189 Å². The SMILES string of the molecule is Cc1ccc(C(=O)N2CC[C@@H](Oc3cccc(C(C)C)c3)[C@H](O)C2)cc1N1CCNC1=O. The number of amides is 3. The summed E-state index contributed by atoms with van der Waals surface area (Å²) in [7, 11) is 0. The van der Waals surface area contributed by atoms with Gasteiger partial charge in [0.1, 0.15) is 18.0 Å². The topological polar surface area (TPSA) is 82.1 Å². The second-order valence-corrected chi connectivity index (χ2v) is 8.88. The highest BCUT2D eigenvalue weighted by Crippen LogP contribution is 2.27. The highest BCUT2D eigenvalue weighted by Gasteiger charge is 2.32. The molecular weight excluding hydrogens is 406 g/mol. The van der Waals surface area contributed by atoms with E-state index in [1.165, 1.54) is 5.56 Å². The van der Waals surface area contributed by atoms with Gasteiger partial charge in [0.25, 0.3) is 5.91 Å². The fourth-order valence-electron chi connectivity index (χ4n) is 4.27. The van der Waals surface area contributed by atoms with Crippen LogP contribution in [-0.4, -0.2) is 60.3 Å². The van der Waals surface area contributed by atoms with E-state index in [4.69, 9.17) is 4.74 Å². The molecule has 2 heterocycles. The van der Waals surface area contributed by atoms with E-state index in [1.807, 2.05) is 31.2 Å². The van der Waals surface area contributed by atoms with E-state index in [0.29, 0.717) is 37.5 Å². The number of carbonyl (C=O) groups is 2. The highest BCUT2D eigenvalue weighted by molar-refractivity contribution is 5.99. The molecular formula is C25H31N3O4. The number of piperidine rings is 1. The van der Waals surface area contributed by atoms with Crippen molar-refractivity contribution >= 4 is 17.6 Å². The number of benzene rings is 2. The number of urea groups is 1. The summed E-state index contributed by atoms with van der Waals surface area (Å²) >= 11 is 0. The van der Waals surface area contributed by atoms with E-state index in [1.54, 1.807) is 21.9 Å². The number of rotatable bonds is 5. The minimum Gasteiger partial charge on any atom is -0.488 e. The zero-order chi connectivity index (χ0) is 22.8. The maximum Gasteiger partial charge on any atom is 0.322 e. The largest absolute Gasteiger partial charge is 0.488 e. The highest BCUT2D eigenvalue weighted by atomic mass is 16.5. The Kier molecular flexibility index (Phi) is 6.37. The van der Waals surface area contributed by atoms with Crippen LogP contribution in [0.5, 0.6) is 5.75 Å². The number of aliphatic hydroxyl groups excluding tert-OH is 1. The molecule has 0 unspecified atom stereocenters. The van der Waals surface area contributed by atoms with Crippen LogP contribution >= 0.6 is 0 Å². The number of hydrogen-bond donors (Lipinski definition) is 2. The monoisotopic (exact) mass is 437 g/mol. The Morgan fingerprint density at radius 1 is 1.19 bits per heavy atom. The summed E-state index contributed by atoms with van der Waals surface area (Å²) in [5, 5.41) is 13.5. The molecule has 3 amide bonds. The van der Waals surface area contributed by atoms with E-state index < -0.39 is 6.10 Å². The molecule has 0 saturated carbocycles. The van der Waals surface area contributed by atoms with Gasteiger partial charge in [-0.25, -0.2) is 4.79 Å². The van der Waals surface area contributed by atoms with Crippen molar-refractivity contribution in [3.8, 4) is 5.75 Å². The molecule has 2 aliphatic rings. The van der Waals surface area contributed by atoms with Crippen LogP contribution in [0.25, 0.3) is 0 Å². The first-order valence-electron chi connectivity index (χ1n) is 11.2. The van der Waals surface area contributed by atoms with Crippen molar-refractivity contribution in [1.82, 2.24) is 10.2 Å². The van der Waals surface area contributed by atoms with Crippen molar-refractivity contribution in [2.75, 3.05) is 31.1 Å². The quantitative estimate of drug-likeness (QED) is 0.752. The van der Waals surface area contributed by atoms with Gasteiger partial charge in [-0.15, -0.1) is 0 Å². The Bertz CT molecular complexity index is 1010. The van der Waals surface area contributed by atoms with Crippen molar-refractivity contribution < 1.29 is 19.4 Å². The summed E-state index contributed by atoms with van der Waals surface area (Å²) in [6.07, 6.45) is -0.584. The summed E-state index contributed by atoms with van der Waals surface area (Å²) in [6.45, 7) is 8.07. The molecule has 0 aromatic heterocycles. The molecule has 170 valence electrons. The summed E-state index contributed by atoms with van der Waals surface area (Å²) < 4.78 is 6.07. The van der Waals surface area contributed by atoms with E-state index in [0.717, 1.165) is 17.0 Å². The molecule has 2 atom stereocenters. The van der Waals surface area contributed by atoms with E-state index in [9.17, 15) is 14.7 Å². The minimum atomic E-state index is -0.773. The fraction of sp³-hybridized carbons (Fsp3) is 0.440. The van der Waals surface area contributed by atoms with Gasteiger partial charge in [0.15, 0.2) is 0 Å². The van der Waals surface area contributed by atoms with Gasteiger partial charge in [-0.05, 0) is 48.2 Å². The van der Waals surface area contributed by atoms with Crippen LogP contribution in [-0.2, 0) is 0 Å². The second kappa shape index (κ2) is 9.20. The van der Waals surface area contributed by atoms with Crippen LogP contribution in [0, 0.1) is 6.92 Å². The van der Waals surface area contributed by atoms with Crippen molar-refractivity contribution in [2.24, 2.45) is 0 Å². The number of nitrogens with zero attached hydrogens (tertiary/aromatic N) is 2. The van der Waals surface area contributed by atoms with Crippen molar-refractivity contribution in [3.05, 3.63) is 59.2 Å². The summed E-state index contributed by atoms with van der Waals surface area (Å²) in [4.78, 5) is 28.5. The van der Waals surface area contributed by atoms with Gasteiger partial charge in [0.2, 0.25) is 0 Å². The summed E-state index contributed by atoms with van der Waals surface area (Å²) in [5.41, 5.74) is 3.39. The smallest absolute Gasteiger partial charge is 0.322 e. The zero-order valence-electron chi connectivity index (χ0n) is 18.9. The van der Waals surface area contributed by atoms with Crippen LogP contribution in [0.4, 0.5) is 10.5 Å². The van der Waals surface area contributed by atoms with Gasteiger partial charge >= 0.3 is 6.03 Å². The number of hydrogen-bond acceptors (Lipinski definition) is 4. The summed E-state index contributed by atoms with van der Waals surface area (Å²) in [5.74, 6) is 0.992. The van der Waals surface area contributed by atoms with Crippen LogP contribution in [0.2, 0.25) is 0 Å². The van der Waals surface area contributed by atoms with Crippen LogP contribution in [0.1, 0.15) is 47.7 Å². The number of aliphatic hydroxyl groups is 1. The number of aryl methyl sites for hydroxylation is 1. The molecule has 2 fully saturated rings. The Morgan fingerprint density at radius 2 is 2.00 bits per heavy atom. The lowest BCUT2D eigenvalue weighted by atomic mass is 10.0. The molecule has 2 aromatic rings. The lowest BCUT2D eigenvalue weighted by Crippen LogP contribution is -2.51. The molecule has 0 spiro atoms. The third-order valence-corrected chi connectivity index (χ3v) is 6.22. The number of nitrogens with one attached hydrogen (secondary N) is 1. The normalized spacial score (nSPS) is 21.1. The van der Waals surface area contributed by atoms with Crippen LogP contribution in [0.15, 0.2) is 42.5 Å². The molecule has 2 saturated heterocycles. The molecule has 0 radical (unpaired) electrons. The van der Waals surface area contributed by atoms with Gasteiger partial charge in [-0.3, -0.25) is 9.69 Å². The average Bonchev–Trinajstić information content (AvgIpc) is 3.21. The Morgan fingerprint density at radius 3 is 2.69 bits per heavy atom. The molecule has 4 rings (SSSR count). The van der Waals surface area contributed by atoms with Crippen LogP contribution in [0.3, 0.4) is 0 Å². The van der Waals surface area contributed by atoms with Gasteiger partial charge < -0.3 is 20.1 Å². The number of likely N-dealkylation sites (tertiary alicyclic amines) is 1. The van der Waals surface area contributed by atoms with Gasteiger partial charge in [-0.1, -0.05) is 32.0 Å². The third-order valence-electron chi connectivity index (χ3n) is 6.22. The molecule has 0 bridgehead atoms. The molecule has 0 aliphatic carbocycles. The van der Waals surface area contributed by atoms with Gasteiger partial charge in [0.05, 0.1) is 6.54 Å². The third kappa shape index (κ3) is 4.58. The predicted molar refractivity (Wildman–Crippen MR) is 123 cm³/mol. The lowest BCUT2D eigenvalue weighted by Gasteiger charge is -2.36. The standard InChI is InChI=1S/C25H31N3O4/c1-16(2)18-5-4-6-20(13-18)32-23-9-11-27(15-22(23)29)24(30)19-8-7-17(3)21(14-19)28-12-10-26-25(28)31/h4-8,13-14,16,22-23,29H,9-12,15H2,1-3H3,(H,26,31)/t22-,23-/m1/s1. The Hall–Kier alpha value is -3.06. The predicted octanol–water partition coefficient (Wildman–Crippen LogP) is 3.30. The van der Waals surface area contributed by atoms with Gasteiger partial charge in [0, 0.05) is 37.3 Å². The average molecular weight is 438 g/mol. The van der Waals surface area contributed by atoms with Crippen LogP contribution < -0.4 is 15.0 Å². The van der Waals surface area contributed by atoms with Crippen molar-refractivity contribution in [3.63, 3.8) is 0 Å². The number of β-amino-alcohol motifs (C(OH)–C–C–N with tert-alkyl or cyclic N) is 1. The fourth-order valence-corrected chi connectivity index (χ4v) is 4.27. The van der Waals surface area contributed by atoms with E-state index >= 15 is 0 Å². The van der Waals surface area contributed by atoms with E-state index in [2.05, 4.69) is 25.2 Å². The molecule has 32 heavy (non-hydrogen) atoms. The molecule has 7 nitrogen and oxygen atoms in total. The van der Waals surface area contributed by atoms with Crippen molar-refractivity contribution in [1.29, 1.82) is 0 Å². The first kappa shape index (κ1) is 22.1. The molecule has 7 heteroatoms. The number of carbonyl (C=O) groups excluding carboxylic acids is 2. The lowest BCUT2D eigenvalue weighted by molar-refractivity contribution is -0.0199. The molecule has 2 aliphatic heterocycles. The maximum absolute atomic E-state index is 13.1. The van der Waals surface area contributed by atoms with Gasteiger partial charge in [-0.2, -0.15) is 0 Å². The first-order chi connectivity index (χ1) is 15.3. The molecule has 2 N–H and O–H groups in total. The maximum atomic E-state index is 13.1. The zero-order valence-corrected chi connectivity index (χ0v) is 18.9.